The van der Waals surface area contributed by atoms with Crippen molar-refractivity contribution in [2.24, 2.45) is 17.2 Å². The molecule has 3 atom stereocenters. The van der Waals surface area contributed by atoms with Crippen LogP contribution in [0.15, 0.2) is 0 Å². The highest BCUT2D eigenvalue weighted by Gasteiger charge is 2.25. The summed E-state index contributed by atoms with van der Waals surface area (Å²) in [5, 5.41) is 24.0. The van der Waals surface area contributed by atoms with Gasteiger partial charge in [0.05, 0.1) is 19.2 Å². The smallest absolute Gasteiger partial charge is 0.328 e. The Morgan fingerprint density at radius 2 is 1.38 bits per heavy atom. The summed E-state index contributed by atoms with van der Waals surface area (Å²) < 4.78 is 0. The lowest BCUT2D eigenvalue weighted by Crippen LogP contribution is -2.54. The van der Waals surface area contributed by atoms with E-state index in [2.05, 4.69) is 10.6 Å². The number of hydrogen-bond acceptors (Lipinski definition) is 8. The van der Waals surface area contributed by atoms with Gasteiger partial charge < -0.3 is 43.4 Å². The maximum atomic E-state index is 12.2. The van der Waals surface area contributed by atoms with Crippen LogP contribution in [-0.4, -0.2) is 77.0 Å². The maximum absolute atomic E-state index is 12.2. The number of carboxylic acids is 1. The van der Waals surface area contributed by atoms with Crippen molar-refractivity contribution in [1.29, 1.82) is 0 Å². The number of primary amides is 2. The largest absolute Gasteiger partial charge is 0.480 e. The first kappa shape index (κ1) is 25.7. The predicted molar refractivity (Wildman–Crippen MR) is 96.4 cm³/mol. The summed E-state index contributed by atoms with van der Waals surface area (Å²) >= 11 is 0. The molecular formula is C15H26N6O8. The van der Waals surface area contributed by atoms with Crippen LogP contribution in [0.5, 0.6) is 0 Å². The summed E-state index contributed by atoms with van der Waals surface area (Å²) in [6.07, 6.45) is -0.661. The molecule has 0 aromatic heterocycles. The Hall–Kier alpha value is -3.26. The molecule has 0 aliphatic heterocycles. The molecule has 14 heteroatoms. The summed E-state index contributed by atoms with van der Waals surface area (Å²) in [7, 11) is 0. The molecule has 0 heterocycles. The summed E-state index contributed by atoms with van der Waals surface area (Å²) in [6, 6.07) is -3.96. The Morgan fingerprint density at radius 3 is 1.86 bits per heavy atom. The molecule has 14 nitrogen and oxygen atoms in total. The topological polar surface area (TPSA) is 257 Å². The molecule has 3 unspecified atom stereocenters. The molecule has 11 N–H and O–H groups in total. The van der Waals surface area contributed by atoms with Crippen molar-refractivity contribution in [3.05, 3.63) is 0 Å². The Kier molecular flexibility index (Phi) is 11.5. The van der Waals surface area contributed by atoms with E-state index in [1.165, 1.54) is 0 Å². The minimum Gasteiger partial charge on any atom is -0.480 e. The number of hydrogen-bond donors (Lipinski definition) is 8. The second-order valence-corrected chi connectivity index (χ2v) is 6.04. The minimum atomic E-state index is -1.55. The second kappa shape index (κ2) is 13.0. The van der Waals surface area contributed by atoms with Crippen LogP contribution in [0, 0.1) is 0 Å². The molecule has 0 rings (SSSR count). The van der Waals surface area contributed by atoms with E-state index in [1.807, 2.05) is 5.32 Å². The van der Waals surface area contributed by atoms with Gasteiger partial charge in [-0.25, -0.2) is 4.79 Å². The molecule has 5 amide bonds. The molecule has 0 aliphatic rings. The zero-order valence-electron chi connectivity index (χ0n) is 15.6. The lowest BCUT2D eigenvalue weighted by molar-refractivity contribution is -0.142. The van der Waals surface area contributed by atoms with E-state index < -0.39 is 66.8 Å². The maximum Gasteiger partial charge on any atom is 0.328 e. The van der Waals surface area contributed by atoms with Gasteiger partial charge in [0.15, 0.2) is 0 Å². The Bertz CT molecular complexity index is 640. The van der Waals surface area contributed by atoms with Crippen molar-refractivity contribution in [3.8, 4) is 0 Å². The molecule has 0 bridgehead atoms. The van der Waals surface area contributed by atoms with Gasteiger partial charge in [-0.2, -0.15) is 0 Å². The van der Waals surface area contributed by atoms with Gasteiger partial charge in [-0.1, -0.05) is 0 Å². The molecular weight excluding hydrogens is 392 g/mol. The highest BCUT2D eigenvalue weighted by Crippen LogP contribution is 2.01. The number of carboxylic acid groups (broad SMARTS) is 1. The third-order valence-corrected chi connectivity index (χ3v) is 3.59. The van der Waals surface area contributed by atoms with E-state index in [4.69, 9.17) is 27.4 Å². The normalized spacial score (nSPS) is 13.4. The average Bonchev–Trinajstić information content (AvgIpc) is 2.64. The number of amides is 5. The summed E-state index contributed by atoms with van der Waals surface area (Å²) in [5.74, 6) is -5.41. The van der Waals surface area contributed by atoms with Crippen molar-refractivity contribution in [3.63, 3.8) is 0 Å². The molecule has 29 heavy (non-hydrogen) atoms. The standard InChI is InChI=1S/C15H26N6O8/c16-7(1-3-10(17)23)13(26)21-8(2-4-11(18)24)14(27)19-5-12(25)20-9(6-22)15(28)29/h7-9,22H,1-6,16H2,(H2,17,23)(H2,18,24)(H,19,27)(H,20,25)(H,21,26)(H,28,29). The molecule has 164 valence electrons. The van der Waals surface area contributed by atoms with Crippen LogP contribution in [0.4, 0.5) is 0 Å². The van der Waals surface area contributed by atoms with Crippen molar-refractivity contribution < 1.29 is 39.0 Å². The molecule has 0 aromatic rings. The van der Waals surface area contributed by atoms with E-state index in [-0.39, 0.29) is 25.7 Å². The fraction of sp³-hybridized carbons (Fsp3) is 0.600. The van der Waals surface area contributed by atoms with E-state index in [0.717, 1.165) is 0 Å². The third kappa shape index (κ3) is 11.2. The lowest BCUT2D eigenvalue weighted by atomic mass is 10.1. The van der Waals surface area contributed by atoms with E-state index in [1.54, 1.807) is 0 Å². The van der Waals surface area contributed by atoms with E-state index in [9.17, 15) is 28.8 Å². The highest BCUT2D eigenvalue weighted by molar-refractivity contribution is 5.93. The number of carbonyl (C=O) groups excluding carboxylic acids is 5. The fourth-order valence-electron chi connectivity index (χ4n) is 1.98. The van der Waals surface area contributed by atoms with Gasteiger partial charge in [-0.3, -0.25) is 24.0 Å². The first-order valence-electron chi connectivity index (χ1n) is 8.51. The minimum absolute atomic E-state index is 0.0640. The van der Waals surface area contributed by atoms with Crippen molar-refractivity contribution >= 4 is 35.5 Å². The Morgan fingerprint density at radius 1 is 0.828 bits per heavy atom. The number of aliphatic hydroxyl groups excluding tert-OH is 1. The van der Waals surface area contributed by atoms with Gasteiger partial charge in [0.2, 0.25) is 29.5 Å². The first-order valence-corrected chi connectivity index (χ1v) is 8.51. The zero-order valence-corrected chi connectivity index (χ0v) is 15.6. The molecule has 0 aliphatic carbocycles. The zero-order chi connectivity index (χ0) is 22.6. The number of rotatable bonds is 14. The lowest BCUT2D eigenvalue weighted by Gasteiger charge is -2.20. The van der Waals surface area contributed by atoms with Gasteiger partial charge in [0, 0.05) is 12.8 Å². The van der Waals surface area contributed by atoms with Gasteiger partial charge in [-0.05, 0) is 12.8 Å². The number of aliphatic hydroxyl groups is 1. The fourth-order valence-corrected chi connectivity index (χ4v) is 1.98. The van der Waals surface area contributed by atoms with Crippen molar-refractivity contribution in [2.45, 2.75) is 43.8 Å². The van der Waals surface area contributed by atoms with Crippen LogP contribution in [0.1, 0.15) is 25.7 Å². The number of carbonyl (C=O) groups is 6. The number of aliphatic carboxylic acids is 1. The van der Waals surface area contributed by atoms with Crippen LogP contribution < -0.4 is 33.2 Å². The first-order chi connectivity index (χ1) is 13.5. The molecule has 0 saturated carbocycles. The number of nitrogens with two attached hydrogens (primary N) is 3. The van der Waals surface area contributed by atoms with Crippen LogP contribution in [0.2, 0.25) is 0 Å². The molecule has 0 radical (unpaired) electrons. The van der Waals surface area contributed by atoms with Gasteiger partial charge >= 0.3 is 5.97 Å². The molecule has 0 spiro atoms. The van der Waals surface area contributed by atoms with Crippen LogP contribution >= 0.6 is 0 Å². The van der Waals surface area contributed by atoms with E-state index in [0.29, 0.717) is 0 Å². The second-order valence-electron chi connectivity index (χ2n) is 6.04. The van der Waals surface area contributed by atoms with Crippen molar-refractivity contribution in [2.75, 3.05) is 13.2 Å². The number of nitrogens with one attached hydrogen (secondary N) is 3. The third-order valence-electron chi connectivity index (χ3n) is 3.59. The molecule has 0 saturated heterocycles. The van der Waals surface area contributed by atoms with Gasteiger partial charge in [0.1, 0.15) is 12.1 Å². The van der Waals surface area contributed by atoms with Crippen LogP contribution in [0.25, 0.3) is 0 Å². The van der Waals surface area contributed by atoms with Crippen LogP contribution in [-0.2, 0) is 28.8 Å². The SMILES string of the molecule is NC(=O)CCC(N)C(=O)NC(CCC(N)=O)C(=O)NCC(=O)NC(CO)C(=O)O. The average molecular weight is 418 g/mol. The highest BCUT2D eigenvalue weighted by atomic mass is 16.4. The van der Waals surface area contributed by atoms with Gasteiger partial charge in [0.25, 0.3) is 0 Å². The van der Waals surface area contributed by atoms with Crippen molar-refractivity contribution in [1.82, 2.24) is 16.0 Å². The van der Waals surface area contributed by atoms with E-state index >= 15 is 0 Å². The monoisotopic (exact) mass is 418 g/mol. The Balaban J connectivity index is 4.84. The molecule has 0 aromatic carbocycles. The summed E-state index contributed by atoms with van der Waals surface area (Å²) in [5.41, 5.74) is 15.6. The predicted octanol–water partition coefficient (Wildman–Crippen LogP) is -4.99. The summed E-state index contributed by atoms with van der Waals surface area (Å²) in [4.78, 5) is 68.4. The summed E-state index contributed by atoms with van der Waals surface area (Å²) in [6.45, 7) is -1.51. The Labute approximate surface area is 165 Å². The van der Waals surface area contributed by atoms with Crippen LogP contribution in [0.3, 0.4) is 0 Å². The quantitative estimate of drug-likeness (QED) is 0.134. The molecule has 0 fully saturated rings. The van der Waals surface area contributed by atoms with Gasteiger partial charge in [-0.15, -0.1) is 0 Å².